The van der Waals surface area contributed by atoms with Crippen LogP contribution in [0.15, 0.2) is 66.7 Å². The third-order valence-electron chi connectivity index (χ3n) is 5.91. The Balaban J connectivity index is 1.86. The fourth-order valence-corrected chi connectivity index (χ4v) is 5.15. The quantitative estimate of drug-likeness (QED) is 0.338. The Labute approximate surface area is 191 Å². The van der Waals surface area contributed by atoms with Gasteiger partial charge in [0, 0.05) is 38.2 Å². The van der Waals surface area contributed by atoms with Gasteiger partial charge in [-0.3, -0.25) is 4.79 Å². The summed E-state index contributed by atoms with van der Waals surface area (Å²) in [6.45, 7) is 6.23. The normalized spacial score (nSPS) is 16.2. The standard InChI is InChI=1S/C26H22Cl2N2O/c1-26(2,3)30-24(16-8-4-5-9-17(16)25(30)31)22-19-10-6-7-11-21(19)29-23(22)18-13-12-15(27)14-20(18)28/h4-14,24,29H,1-3H3. The van der Waals surface area contributed by atoms with Crippen molar-refractivity contribution in [3.63, 3.8) is 0 Å². The number of carbonyl (C=O) groups is 1. The van der Waals surface area contributed by atoms with Crippen molar-refractivity contribution in [1.29, 1.82) is 0 Å². The molecule has 0 saturated carbocycles. The molecule has 5 heteroatoms. The van der Waals surface area contributed by atoms with Crippen molar-refractivity contribution in [3.05, 3.63) is 93.5 Å². The molecular weight excluding hydrogens is 427 g/mol. The van der Waals surface area contributed by atoms with E-state index in [1.807, 2.05) is 47.4 Å². The molecule has 31 heavy (non-hydrogen) atoms. The van der Waals surface area contributed by atoms with Crippen molar-refractivity contribution in [2.45, 2.75) is 32.4 Å². The molecule has 1 atom stereocenters. The first-order valence-corrected chi connectivity index (χ1v) is 11.0. The zero-order valence-electron chi connectivity index (χ0n) is 17.5. The Bertz CT molecular complexity index is 1330. The van der Waals surface area contributed by atoms with Crippen LogP contribution in [0.1, 0.15) is 48.3 Å². The Morgan fingerprint density at radius 3 is 2.35 bits per heavy atom. The monoisotopic (exact) mass is 448 g/mol. The molecule has 0 bridgehead atoms. The lowest BCUT2D eigenvalue weighted by Crippen LogP contribution is -2.44. The number of nitrogens with one attached hydrogen (secondary N) is 1. The third-order valence-corrected chi connectivity index (χ3v) is 6.45. The number of hydrogen-bond donors (Lipinski definition) is 1. The van der Waals surface area contributed by atoms with E-state index in [0.29, 0.717) is 10.0 Å². The highest BCUT2D eigenvalue weighted by Crippen LogP contribution is 2.48. The molecule has 2 heterocycles. The highest BCUT2D eigenvalue weighted by atomic mass is 35.5. The number of rotatable bonds is 2. The number of halogens is 2. The maximum atomic E-state index is 13.5. The number of amides is 1. The van der Waals surface area contributed by atoms with E-state index in [0.717, 1.165) is 38.9 Å². The minimum Gasteiger partial charge on any atom is -0.354 e. The molecule has 1 unspecified atom stereocenters. The molecule has 4 aromatic rings. The number of hydrogen-bond acceptors (Lipinski definition) is 1. The summed E-state index contributed by atoms with van der Waals surface area (Å²) in [6, 6.07) is 21.4. The van der Waals surface area contributed by atoms with Gasteiger partial charge in [0.25, 0.3) is 5.91 Å². The minimum atomic E-state index is -0.375. The zero-order valence-corrected chi connectivity index (χ0v) is 19.1. The number of benzene rings is 3. The molecule has 1 aliphatic heterocycles. The molecule has 0 aliphatic carbocycles. The Morgan fingerprint density at radius 2 is 1.61 bits per heavy atom. The molecule has 3 nitrogen and oxygen atoms in total. The number of fused-ring (bicyclic) bond motifs is 2. The predicted molar refractivity (Wildman–Crippen MR) is 128 cm³/mol. The topological polar surface area (TPSA) is 36.1 Å². The summed E-state index contributed by atoms with van der Waals surface area (Å²) in [5, 5.41) is 2.23. The summed E-state index contributed by atoms with van der Waals surface area (Å²) in [6.07, 6.45) is 0. The molecule has 0 radical (unpaired) electrons. The smallest absolute Gasteiger partial charge is 0.255 e. The molecule has 0 spiro atoms. The number of aromatic nitrogens is 1. The molecule has 3 aromatic carbocycles. The maximum Gasteiger partial charge on any atom is 0.255 e. The summed E-state index contributed by atoms with van der Waals surface area (Å²) in [5.41, 5.74) is 5.21. The predicted octanol–water partition coefficient (Wildman–Crippen LogP) is 7.49. The lowest BCUT2D eigenvalue weighted by molar-refractivity contribution is 0.0554. The lowest BCUT2D eigenvalue weighted by Gasteiger charge is -2.38. The van der Waals surface area contributed by atoms with Gasteiger partial charge in [0.05, 0.1) is 16.8 Å². The van der Waals surface area contributed by atoms with Gasteiger partial charge < -0.3 is 9.88 Å². The maximum absolute atomic E-state index is 13.5. The molecule has 156 valence electrons. The van der Waals surface area contributed by atoms with Crippen LogP contribution in [0.25, 0.3) is 22.2 Å². The van der Waals surface area contributed by atoms with Gasteiger partial charge in [-0.2, -0.15) is 0 Å². The Kier molecular flexibility index (Phi) is 4.65. The van der Waals surface area contributed by atoms with E-state index < -0.39 is 0 Å². The zero-order chi connectivity index (χ0) is 21.9. The Hall–Kier alpha value is -2.75. The van der Waals surface area contributed by atoms with Gasteiger partial charge in [-0.1, -0.05) is 59.6 Å². The second kappa shape index (κ2) is 7.15. The largest absolute Gasteiger partial charge is 0.354 e. The van der Waals surface area contributed by atoms with E-state index in [1.165, 1.54) is 0 Å². The molecule has 1 aromatic heterocycles. The van der Waals surface area contributed by atoms with Crippen molar-refractivity contribution in [3.8, 4) is 11.3 Å². The van der Waals surface area contributed by atoms with Gasteiger partial charge in [-0.05, 0) is 56.7 Å². The molecule has 0 saturated heterocycles. The second-order valence-electron chi connectivity index (χ2n) is 8.92. The highest BCUT2D eigenvalue weighted by molar-refractivity contribution is 6.36. The van der Waals surface area contributed by atoms with Crippen molar-refractivity contribution >= 4 is 40.0 Å². The average molecular weight is 449 g/mol. The summed E-state index contributed by atoms with van der Waals surface area (Å²) < 4.78 is 0. The molecule has 0 fully saturated rings. The molecular formula is C26H22Cl2N2O. The van der Waals surface area contributed by atoms with Gasteiger partial charge in [-0.25, -0.2) is 0 Å². The molecule has 1 amide bonds. The fraction of sp³-hybridized carbons (Fsp3) is 0.192. The highest BCUT2D eigenvalue weighted by Gasteiger charge is 2.45. The number of aromatic amines is 1. The lowest BCUT2D eigenvalue weighted by atomic mass is 9.91. The molecule has 5 rings (SSSR count). The van der Waals surface area contributed by atoms with E-state index >= 15 is 0 Å². The SMILES string of the molecule is CC(C)(C)N1C(=O)c2ccccc2C1c1c(-c2ccc(Cl)cc2Cl)[nH]c2ccccc12. The van der Waals surface area contributed by atoms with Crippen molar-refractivity contribution in [2.24, 2.45) is 0 Å². The van der Waals surface area contributed by atoms with Crippen LogP contribution in [0.5, 0.6) is 0 Å². The van der Waals surface area contributed by atoms with Gasteiger partial charge in [0.2, 0.25) is 0 Å². The number of nitrogens with zero attached hydrogens (tertiary/aromatic N) is 1. The van der Waals surface area contributed by atoms with Gasteiger partial charge in [0.15, 0.2) is 0 Å². The fourth-order valence-electron chi connectivity index (χ4n) is 4.65. The van der Waals surface area contributed by atoms with Crippen LogP contribution in [0.2, 0.25) is 10.0 Å². The minimum absolute atomic E-state index is 0.0477. The van der Waals surface area contributed by atoms with Crippen molar-refractivity contribution < 1.29 is 4.79 Å². The van der Waals surface area contributed by atoms with Gasteiger partial charge >= 0.3 is 0 Å². The van der Waals surface area contributed by atoms with Gasteiger partial charge in [0.1, 0.15) is 0 Å². The molecule has 1 N–H and O–H groups in total. The van der Waals surface area contributed by atoms with Crippen LogP contribution in [0, 0.1) is 0 Å². The number of carbonyl (C=O) groups excluding carboxylic acids is 1. The Morgan fingerprint density at radius 1 is 0.903 bits per heavy atom. The summed E-state index contributed by atoms with van der Waals surface area (Å²) in [4.78, 5) is 19.1. The summed E-state index contributed by atoms with van der Waals surface area (Å²) >= 11 is 12.8. The van der Waals surface area contributed by atoms with Crippen LogP contribution < -0.4 is 0 Å². The van der Waals surface area contributed by atoms with Crippen LogP contribution in [0.4, 0.5) is 0 Å². The first-order valence-electron chi connectivity index (χ1n) is 10.3. The number of H-pyrrole nitrogens is 1. The van der Waals surface area contributed by atoms with Crippen LogP contribution in [0.3, 0.4) is 0 Å². The van der Waals surface area contributed by atoms with Gasteiger partial charge in [-0.15, -0.1) is 0 Å². The second-order valence-corrected chi connectivity index (χ2v) is 9.76. The van der Waals surface area contributed by atoms with Crippen LogP contribution in [-0.4, -0.2) is 21.3 Å². The van der Waals surface area contributed by atoms with E-state index in [4.69, 9.17) is 23.2 Å². The average Bonchev–Trinajstić information content (AvgIpc) is 3.23. The van der Waals surface area contributed by atoms with E-state index in [2.05, 4.69) is 44.0 Å². The first-order chi connectivity index (χ1) is 14.8. The van der Waals surface area contributed by atoms with E-state index in [-0.39, 0.29) is 17.5 Å². The molecule has 1 aliphatic rings. The summed E-state index contributed by atoms with van der Waals surface area (Å²) in [7, 11) is 0. The van der Waals surface area contributed by atoms with E-state index in [1.54, 1.807) is 6.07 Å². The first kappa shape index (κ1) is 20.2. The van der Waals surface area contributed by atoms with Crippen molar-refractivity contribution in [1.82, 2.24) is 9.88 Å². The number of para-hydroxylation sites is 1. The van der Waals surface area contributed by atoms with Crippen LogP contribution >= 0.6 is 23.2 Å². The van der Waals surface area contributed by atoms with Crippen LogP contribution in [-0.2, 0) is 0 Å². The summed E-state index contributed by atoms with van der Waals surface area (Å²) in [5.74, 6) is 0.0477. The third kappa shape index (κ3) is 3.15. The van der Waals surface area contributed by atoms with E-state index in [9.17, 15) is 4.79 Å². The van der Waals surface area contributed by atoms with Crippen molar-refractivity contribution in [2.75, 3.05) is 0 Å².